The average molecular weight is 948 g/mol. The molecule has 6 nitrogen and oxygen atoms in total. The number of ether oxygens (including phenoxy) is 3. The maximum absolute atomic E-state index is 12.9. The first-order valence-electron chi connectivity index (χ1n) is 30.5. The number of hydrogen-bond acceptors (Lipinski definition) is 6. The summed E-state index contributed by atoms with van der Waals surface area (Å²) in [6.45, 7) is 6.71. The summed E-state index contributed by atoms with van der Waals surface area (Å²) in [5, 5.41) is 0. The molecule has 6 heteroatoms. The van der Waals surface area contributed by atoms with Gasteiger partial charge in [0.25, 0.3) is 0 Å². The largest absolute Gasteiger partial charge is 0.462 e. The van der Waals surface area contributed by atoms with Gasteiger partial charge in [0.05, 0.1) is 0 Å². The van der Waals surface area contributed by atoms with Crippen molar-refractivity contribution < 1.29 is 28.6 Å². The van der Waals surface area contributed by atoms with Gasteiger partial charge >= 0.3 is 17.9 Å². The van der Waals surface area contributed by atoms with Gasteiger partial charge in [0.1, 0.15) is 13.2 Å². The minimum absolute atomic E-state index is 0.0609. The van der Waals surface area contributed by atoms with E-state index in [0.29, 0.717) is 19.3 Å². The minimum atomic E-state index is -0.761. The molecule has 67 heavy (non-hydrogen) atoms. The fourth-order valence-corrected chi connectivity index (χ4v) is 9.51. The minimum Gasteiger partial charge on any atom is -0.462 e. The molecule has 0 saturated carbocycles. The van der Waals surface area contributed by atoms with Crippen molar-refractivity contribution >= 4 is 17.9 Å². The van der Waals surface area contributed by atoms with Gasteiger partial charge in [0.2, 0.25) is 0 Å². The predicted molar refractivity (Wildman–Crippen MR) is 289 cm³/mol. The predicted octanol–water partition coefficient (Wildman–Crippen LogP) is 20.3. The Bertz CT molecular complexity index is 998. The van der Waals surface area contributed by atoms with Crippen molar-refractivity contribution in [1.29, 1.82) is 0 Å². The summed E-state index contributed by atoms with van der Waals surface area (Å²) in [7, 11) is 0. The lowest BCUT2D eigenvalue weighted by molar-refractivity contribution is -0.167. The molecule has 0 aliphatic carbocycles. The molecule has 398 valence electrons. The number of esters is 3. The Labute approximate surface area is 418 Å². The van der Waals surface area contributed by atoms with E-state index in [1.165, 1.54) is 257 Å². The topological polar surface area (TPSA) is 78.9 Å². The van der Waals surface area contributed by atoms with Gasteiger partial charge in [-0.2, -0.15) is 0 Å². The van der Waals surface area contributed by atoms with E-state index in [1.807, 2.05) is 0 Å². The van der Waals surface area contributed by atoms with E-state index in [4.69, 9.17) is 14.2 Å². The van der Waals surface area contributed by atoms with E-state index in [1.54, 1.807) is 0 Å². The van der Waals surface area contributed by atoms with Crippen LogP contribution in [-0.2, 0) is 28.6 Å². The molecular formula is C61H118O6. The zero-order valence-corrected chi connectivity index (χ0v) is 45.7. The van der Waals surface area contributed by atoms with E-state index >= 15 is 0 Å². The molecule has 0 unspecified atom stereocenters. The molecule has 0 amide bonds. The normalized spacial score (nSPS) is 11.9. The standard InChI is InChI=1S/C61H118O6/c1-4-7-10-13-16-19-22-24-26-28-30-32-34-36-39-42-45-48-51-54-60(63)66-57-58(56-65-59(62)53-50-47-44-41-38-21-18-15-12-9-6-3)67-61(64)55-52-49-46-43-40-37-35-33-31-29-27-25-23-20-17-14-11-8-5-2/h58H,4-57H2,1-3H3/t58-/m0/s1. The fraction of sp³-hybridized carbons (Fsp3) is 0.951. The summed E-state index contributed by atoms with van der Waals surface area (Å²) < 4.78 is 16.9. The summed E-state index contributed by atoms with van der Waals surface area (Å²) in [5.74, 6) is -0.830. The maximum atomic E-state index is 12.9. The third-order valence-electron chi connectivity index (χ3n) is 14.1. The van der Waals surface area contributed by atoms with Crippen LogP contribution in [-0.4, -0.2) is 37.2 Å². The molecule has 0 aromatic heterocycles. The van der Waals surface area contributed by atoms with Gasteiger partial charge < -0.3 is 14.2 Å². The first-order chi connectivity index (χ1) is 33.0. The van der Waals surface area contributed by atoms with E-state index in [-0.39, 0.29) is 31.1 Å². The van der Waals surface area contributed by atoms with Gasteiger partial charge in [-0.05, 0) is 19.3 Å². The first-order valence-corrected chi connectivity index (χ1v) is 30.5. The summed E-state index contributed by atoms with van der Waals surface area (Å²) in [6.07, 6.45) is 63.9. The molecule has 0 radical (unpaired) electrons. The SMILES string of the molecule is CCCCCCCCCCCCCCCCCCCCCC(=O)OC[C@H](COC(=O)CCCCCCCCCCCCC)OC(=O)CCCCCCCCCCCCCCCCCCCCC. The fourth-order valence-electron chi connectivity index (χ4n) is 9.51. The van der Waals surface area contributed by atoms with Crippen LogP contribution in [0.5, 0.6) is 0 Å². The molecule has 0 N–H and O–H groups in total. The average Bonchev–Trinajstić information content (AvgIpc) is 3.33. The number of rotatable bonds is 57. The van der Waals surface area contributed by atoms with E-state index in [0.717, 1.165) is 57.8 Å². The molecule has 0 saturated heterocycles. The molecule has 0 fully saturated rings. The van der Waals surface area contributed by atoms with Gasteiger partial charge in [-0.15, -0.1) is 0 Å². The summed E-state index contributed by atoms with van der Waals surface area (Å²) in [5.41, 5.74) is 0. The number of carbonyl (C=O) groups is 3. The van der Waals surface area contributed by atoms with Crippen molar-refractivity contribution in [3.05, 3.63) is 0 Å². The quantitative estimate of drug-likeness (QED) is 0.0343. The highest BCUT2D eigenvalue weighted by Crippen LogP contribution is 2.18. The zero-order chi connectivity index (χ0) is 48.6. The lowest BCUT2D eigenvalue weighted by atomic mass is 10.0. The van der Waals surface area contributed by atoms with E-state index in [9.17, 15) is 14.4 Å². The van der Waals surface area contributed by atoms with E-state index in [2.05, 4.69) is 20.8 Å². The van der Waals surface area contributed by atoms with Crippen LogP contribution in [0.25, 0.3) is 0 Å². The van der Waals surface area contributed by atoms with Gasteiger partial charge in [-0.25, -0.2) is 0 Å². The Balaban J connectivity index is 4.23. The Morgan fingerprint density at radius 2 is 0.403 bits per heavy atom. The van der Waals surface area contributed by atoms with Gasteiger partial charge in [0.15, 0.2) is 6.10 Å². The highest BCUT2D eigenvalue weighted by atomic mass is 16.6. The van der Waals surface area contributed by atoms with Crippen LogP contribution >= 0.6 is 0 Å². The molecule has 0 aliphatic rings. The van der Waals surface area contributed by atoms with Crippen LogP contribution in [0.3, 0.4) is 0 Å². The van der Waals surface area contributed by atoms with Gasteiger partial charge in [-0.3, -0.25) is 14.4 Å². The molecule has 1 atom stereocenters. The third kappa shape index (κ3) is 55.2. The molecule has 0 rings (SSSR count). The van der Waals surface area contributed by atoms with Crippen LogP contribution < -0.4 is 0 Å². The monoisotopic (exact) mass is 947 g/mol. The second-order valence-electron chi connectivity index (χ2n) is 21.0. The second-order valence-corrected chi connectivity index (χ2v) is 21.0. The summed E-state index contributed by atoms with van der Waals surface area (Å²) in [6, 6.07) is 0. The number of carbonyl (C=O) groups excluding carboxylic acids is 3. The van der Waals surface area contributed by atoms with Crippen LogP contribution in [0.15, 0.2) is 0 Å². The molecule has 0 aliphatic heterocycles. The smallest absolute Gasteiger partial charge is 0.306 e. The summed E-state index contributed by atoms with van der Waals surface area (Å²) in [4.78, 5) is 38.2. The Hall–Kier alpha value is -1.59. The van der Waals surface area contributed by atoms with Crippen LogP contribution in [0.4, 0.5) is 0 Å². The van der Waals surface area contributed by atoms with Gasteiger partial charge in [-0.1, -0.05) is 316 Å². The first kappa shape index (κ1) is 65.4. The second kappa shape index (κ2) is 57.0. The van der Waals surface area contributed by atoms with Crippen molar-refractivity contribution in [3.8, 4) is 0 Å². The lowest BCUT2D eigenvalue weighted by Gasteiger charge is -2.18. The molecule has 0 aromatic carbocycles. The maximum Gasteiger partial charge on any atom is 0.306 e. The molecule has 0 heterocycles. The lowest BCUT2D eigenvalue weighted by Crippen LogP contribution is -2.30. The third-order valence-corrected chi connectivity index (χ3v) is 14.1. The number of hydrogen-bond donors (Lipinski definition) is 0. The Morgan fingerprint density at radius 1 is 0.239 bits per heavy atom. The van der Waals surface area contributed by atoms with Crippen molar-refractivity contribution in [1.82, 2.24) is 0 Å². The van der Waals surface area contributed by atoms with Crippen molar-refractivity contribution in [3.63, 3.8) is 0 Å². The van der Waals surface area contributed by atoms with Gasteiger partial charge in [0, 0.05) is 19.3 Å². The van der Waals surface area contributed by atoms with Crippen molar-refractivity contribution in [2.24, 2.45) is 0 Å². The van der Waals surface area contributed by atoms with Crippen LogP contribution in [0.1, 0.15) is 355 Å². The Morgan fingerprint density at radius 3 is 0.597 bits per heavy atom. The number of unbranched alkanes of at least 4 members (excludes halogenated alkanes) is 46. The molecule has 0 spiro atoms. The molecule has 0 bridgehead atoms. The van der Waals surface area contributed by atoms with E-state index < -0.39 is 6.10 Å². The molecule has 0 aromatic rings. The highest BCUT2D eigenvalue weighted by Gasteiger charge is 2.19. The van der Waals surface area contributed by atoms with Crippen molar-refractivity contribution in [2.45, 2.75) is 361 Å². The van der Waals surface area contributed by atoms with Crippen LogP contribution in [0.2, 0.25) is 0 Å². The Kier molecular flexibility index (Phi) is 55.6. The zero-order valence-electron chi connectivity index (χ0n) is 45.7. The van der Waals surface area contributed by atoms with Crippen LogP contribution in [0, 0.1) is 0 Å². The molecular weight excluding hydrogens is 829 g/mol. The summed E-state index contributed by atoms with van der Waals surface area (Å²) >= 11 is 0. The van der Waals surface area contributed by atoms with Crippen molar-refractivity contribution in [2.75, 3.05) is 13.2 Å². The highest BCUT2D eigenvalue weighted by molar-refractivity contribution is 5.71.